The number of carboxylic acid groups (broad SMARTS) is 1. The van der Waals surface area contributed by atoms with Gasteiger partial charge in [-0.15, -0.1) is 0 Å². The highest BCUT2D eigenvalue weighted by atomic mass is 32.2. The molecule has 108 valence electrons. The van der Waals surface area contributed by atoms with Crippen molar-refractivity contribution in [1.29, 1.82) is 0 Å². The average molecular weight is 306 g/mol. The highest BCUT2D eigenvalue weighted by Gasteiger charge is 2.54. The Hall–Kier alpha value is -2.48. The van der Waals surface area contributed by atoms with Crippen molar-refractivity contribution in [3.63, 3.8) is 0 Å². The van der Waals surface area contributed by atoms with E-state index in [1.807, 2.05) is 0 Å². The average Bonchev–Trinajstić information content (AvgIpc) is 2.44. The molecule has 0 bridgehead atoms. The van der Waals surface area contributed by atoms with E-state index in [-0.39, 0.29) is 11.3 Å². The zero-order valence-electron chi connectivity index (χ0n) is 10.6. The Balaban J connectivity index is 2.05. The van der Waals surface area contributed by atoms with Gasteiger partial charge in [0.2, 0.25) is 0 Å². The van der Waals surface area contributed by atoms with Gasteiger partial charge in [-0.3, -0.25) is 14.7 Å². The first-order valence-corrected chi connectivity index (χ1v) is 7.74. The van der Waals surface area contributed by atoms with Gasteiger partial charge in [0.25, 0.3) is 5.91 Å². The Morgan fingerprint density at radius 3 is 2.81 bits per heavy atom. The van der Waals surface area contributed by atoms with E-state index in [1.54, 1.807) is 18.2 Å². The number of β-lactam (4-membered cyclic amide) rings is 1. The van der Waals surface area contributed by atoms with E-state index in [1.165, 1.54) is 12.3 Å². The summed E-state index contributed by atoms with van der Waals surface area (Å²) in [5, 5.41) is 7.80. The normalized spacial score (nSPS) is 25.0. The summed E-state index contributed by atoms with van der Waals surface area (Å²) < 4.78 is 24.1. The topological polar surface area (TPSA) is 105 Å². The summed E-state index contributed by atoms with van der Waals surface area (Å²) in [4.78, 5) is 27.9. The van der Waals surface area contributed by atoms with Crippen LogP contribution in [0.3, 0.4) is 0 Å². The molecule has 1 saturated heterocycles. The number of pyridine rings is 1. The third-order valence-corrected chi connectivity index (χ3v) is 5.06. The molecule has 3 heterocycles. The molecule has 0 radical (unpaired) electrons. The molecule has 1 N–H and O–H groups in total. The smallest absolute Gasteiger partial charge is 0.352 e. The maximum Gasteiger partial charge on any atom is 0.352 e. The first kappa shape index (κ1) is 13.5. The van der Waals surface area contributed by atoms with Crippen molar-refractivity contribution in [2.75, 3.05) is 5.75 Å². The zero-order chi connectivity index (χ0) is 15.2. The summed E-state index contributed by atoms with van der Waals surface area (Å²) in [6, 6.07) is 5.03. The number of rotatable bonds is 2. The van der Waals surface area contributed by atoms with Gasteiger partial charge in [0, 0.05) is 6.20 Å². The van der Waals surface area contributed by atoms with E-state index in [9.17, 15) is 18.0 Å². The number of carbonyl (C=O) groups is 2. The predicted octanol–water partition coefficient (Wildman–Crippen LogP) is 0.0302. The van der Waals surface area contributed by atoms with Crippen LogP contribution in [0.5, 0.6) is 0 Å². The number of nitrogens with zero attached hydrogens (tertiary/aromatic N) is 2. The van der Waals surface area contributed by atoms with Crippen molar-refractivity contribution in [3.8, 4) is 0 Å². The molecule has 2 aliphatic heterocycles. The fraction of sp³-hybridized carbons (Fsp3) is 0.154. The van der Waals surface area contributed by atoms with E-state index in [0.29, 0.717) is 5.69 Å². The molecular formula is C13H10N2O5S. The van der Waals surface area contributed by atoms with Crippen molar-refractivity contribution in [1.82, 2.24) is 9.88 Å². The number of hydrogen-bond acceptors (Lipinski definition) is 5. The number of hydrogen-bond donors (Lipinski definition) is 1. The third-order valence-electron chi connectivity index (χ3n) is 3.29. The van der Waals surface area contributed by atoms with Crippen molar-refractivity contribution in [2.24, 2.45) is 0 Å². The van der Waals surface area contributed by atoms with Crippen LogP contribution >= 0.6 is 0 Å². The molecule has 1 aromatic heterocycles. The maximum absolute atomic E-state index is 12.1. The number of carboxylic acids is 1. The summed E-state index contributed by atoms with van der Waals surface area (Å²) in [6.45, 7) is 0. The molecule has 1 aromatic rings. The van der Waals surface area contributed by atoms with E-state index >= 15 is 0 Å². The summed E-state index contributed by atoms with van der Waals surface area (Å²) >= 11 is 0. The molecule has 0 spiro atoms. The van der Waals surface area contributed by atoms with Crippen LogP contribution in [0.15, 0.2) is 41.7 Å². The number of amides is 1. The molecule has 1 unspecified atom stereocenters. The van der Waals surface area contributed by atoms with Crippen LogP contribution < -0.4 is 0 Å². The van der Waals surface area contributed by atoms with Crippen molar-refractivity contribution in [3.05, 3.63) is 47.4 Å². The van der Waals surface area contributed by atoms with Crippen molar-refractivity contribution >= 4 is 27.8 Å². The molecule has 1 atom stereocenters. The molecule has 0 aliphatic carbocycles. The summed E-state index contributed by atoms with van der Waals surface area (Å²) in [7, 11) is -3.62. The molecule has 0 aromatic carbocycles. The third kappa shape index (κ3) is 2.04. The van der Waals surface area contributed by atoms with Gasteiger partial charge in [-0.05, 0) is 24.3 Å². The minimum atomic E-state index is -3.62. The van der Waals surface area contributed by atoms with E-state index in [2.05, 4.69) is 4.98 Å². The minimum absolute atomic E-state index is 0.0422. The fourth-order valence-electron chi connectivity index (χ4n) is 2.34. The molecule has 1 fully saturated rings. The van der Waals surface area contributed by atoms with Crippen LogP contribution in [0, 0.1) is 0 Å². The number of aliphatic carboxylic acids is 1. The summed E-state index contributed by atoms with van der Waals surface area (Å²) in [5.41, 5.74) is 0.195. The van der Waals surface area contributed by atoms with Crippen LogP contribution in [0.2, 0.25) is 0 Å². The molecule has 2 aliphatic rings. The Morgan fingerprint density at radius 2 is 2.19 bits per heavy atom. The number of fused-ring (bicyclic) bond motifs is 1. The molecule has 8 heteroatoms. The number of carbonyl (C=O) groups excluding carboxylic acids is 1. The second-order valence-electron chi connectivity index (χ2n) is 4.61. The van der Waals surface area contributed by atoms with Gasteiger partial charge >= 0.3 is 5.97 Å². The Kier molecular flexibility index (Phi) is 2.91. The van der Waals surface area contributed by atoms with Gasteiger partial charge < -0.3 is 5.11 Å². The van der Waals surface area contributed by atoms with Gasteiger partial charge in [0.15, 0.2) is 15.2 Å². The lowest BCUT2D eigenvalue weighted by Gasteiger charge is -2.43. The monoisotopic (exact) mass is 306 g/mol. The van der Waals surface area contributed by atoms with E-state index in [4.69, 9.17) is 5.11 Å². The lowest BCUT2D eigenvalue weighted by Crippen LogP contribution is -2.61. The molecule has 1 amide bonds. The van der Waals surface area contributed by atoms with E-state index < -0.39 is 32.8 Å². The van der Waals surface area contributed by atoms with Crippen LogP contribution in [-0.4, -0.2) is 46.4 Å². The van der Waals surface area contributed by atoms with Gasteiger partial charge in [-0.2, -0.15) is 0 Å². The van der Waals surface area contributed by atoms with Crippen LogP contribution in [-0.2, 0) is 19.4 Å². The lowest BCUT2D eigenvalue weighted by atomic mass is 10.0. The minimum Gasteiger partial charge on any atom is -0.477 e. The Bertz CT molecular complexity index is 795. The first-order valence-electron chi connectivity index (χ1n) is 6.03. The molecule has 3 rings (SSSR count). The highest BCUT2D eigenvalue weighted by molar-refractivity contribution is 7.92. The van der Waals surface area contributed by atoms with Crippen molar-refractivity contribution < 1.29 is 23.1 Å². The maximum atomic E-state index is 12.1. The SMILES string of the molecule is O=C(O)C1=CCS(=O)(=O)C2/C(=C\c3ccccn3)C(=O)N12. The second kappa shape index (κ2) is 4.52. The first-order chi connectivity index (χ1) is 9.92. The van der Waals surface area contributed by atoms with E-state index in [0.717, 1.165) is 11.0 Å². The molecule has 7 nitrogen and oxygen atoms in total. The Labute approximate surface area is 120 Å². The molecular weight excluding hydrogens is 296 g/mol. The summed E-state index contributed by atoms with van der Waals surface area (Å²) in [6.07, 6.45) is 3.95. The zero-order valence-corrected chi connectivity index (χ0v) is 11.4. The lowest BCUT2D eigenvalue weighted by molar-refractivity contribution is -0.141. The van der Waals surface area contributed by atoms with Gasteiger partial charge in [0.05, 0.1) is 17.0 Å². The van der Waals surface area contributed by atoms with Crippen LogP contribution in [0.1, 0.15) is 5.69 Å². The van der Waals surface area contributed by atoms with Crippen LogP contribution in [0.4, 0.5) is 0 Å². The second-order valence-corrected chi connectivity index (χ2v) is 6.71. The summed E-state index contributed by atoms with van der Waals surface area (Å²) in [5.74, 6) is -2.34. The molecule has 0 saturated carbocycles. The molecule has 21 heavy (non-hydrogen) atoms. The van der Waals surface area contributed by atoms with Gasteiger partial charge in [0.1, 0.15) is 5.70 Å². The van der Waals surface area contributed by atoms with Gasteiger partial charge in [-0.1, -0.05) is 6.07 Å². The van der Waals surface area contributed by atoms with Gasteiger partial charge in [-0.25, -0.2) is 13.2 Å². The fourth-order valence-corrected chi connectivity index (χ4v) is 4.00. The van der Waals surface area contributed by atoms with Crippen LogP contribution in [0.25, 0.3) is 6.08 Å². The number of aromatic nitrogens is 1. The predicted molar refractivity (Wildman–Crippen MR) is 72.4 cm³/mol. The Morgan fingerprint density at radius 1 is 1.43 bits per heavy atom. The highest BCUT2D eigenvalue weighted by Crippen LogP contribution is 2.38. The quantitative estimate of drug-likeness (QED) is 0.610. The van der Waals surface area contributed by atoms with Crippen molar-refractivity contribution in [2.45, 2.75) is 5.37 Å². The largest absolute Gasteiger partial charge is 0.477 e. The number of sulfone groups is 1. The standard InChI is InChI=1S/C13H10N2O5S/c16-11-9(7-8-3-1-2-5-14-8)12-15(11)10(13(17)18)4-6-21(12,19)20/h1-5,7,12H,6H2,(H,17,18)/b9-7-.